The van der Waals surface area contributed by atoms with E-state index in [0.717, 1.165) is 28.4 Å². The van der Waals surface area contributed by atoms with E-state index < -0.39 is 0 Å². The molecule has 0 N–H and O–H groups in total. The van der Waals surface area contributed by atoms with Gasteiger partial charge in [-0.1, -0.05) is 6.92 Å². The molecule has 106 valence electrons. The summed E-state index contributed by atoms with van der Waals surface area (Å²) in [4.78, 5) is 2.50. The van der Waals surface area contributed by atoms with Crippen LogP contribution >= 0.6 is 15.9 Å². The summed E-state index contributed by atoms with van der Waals surface area (Å²) in [5.74, 6) is 2.58. The van der Waals surface area contributed by atoms with Crippen molar-refractivity contribution in [1.29, 1.82) is 0 Å². The first kappa shape index (κ1) is 14.7. The third-order valence-electron chi connectivity index (χ3n) is 3.83. The fraction of sp³-hybridized carbons (Fsp3) is 0.600. The van der Waals surface area contributed by atoms with Crippen molar-refractivity contribution in [1.82, 2.24) is 4.90 Å². The minimum absolute atomic E-state index is 0.813. The van der Waals surface area contributed by atoms with Crippen molar-refractivity contribution in [3.8, 4) is 11.5 Å². The number of benzene rings is 1. The fourth-order valence-corrected chi connectivity index (χ4v) is 3.06. The summed E-state index contributed by atoms with van der Waals surface area (Å²) in [5, 5.41) is 0. The van der Waals surface area contributed by atoms with E-state index in [-0.39, 0.29) is 0 Å². The number of likely N-dealkylation sites (tertiary alicyclic amines) is 1. The quantitative estimate of drug-likeness (QED) is 0.841. The summed E-state index contributed by atoms with van der Waals surface area (Å²) in [6.45, 7) is 5.63. The molecule has 1 saturated heterocycles. The van der Waals surface area contributed by atoms with Gasteiger partial charge in [-0.25, -0.2) is 0 Å². The maximum absolute atomic E-state index is 5.48. The number of ether oxygens (including phenoxy) is 2. The second-order valence-corrected chi connectivity index (χ2v) is 6.11. The van der Waals surface area contributed by atoms with Crippen LogP contribution in [0.25, 0.3) is 0 Å². The molecule has 1 aromatic rings. The molecule has 1 aliphatic heterocycles. The molecular weight excluding hydrogens is 306 g/mol. The molecular formula is C15H22BrNO2. The highest BCUT2D eigenvalue weighted by Gasteiger charge is 2.18. The van der Waals surface area contributed by atoms with E-state index in [1.54, 1.807) is 14.2 Å². The molecule has 0 radical (unpaired) electrons. The van der Waals surface area contributed by atoms with Crippen LogP contribution in [0.15, 0.2) is 16.6 Å². The molecule has 1 aliphatic rings. The molecule has 0 spiro atoms. The van der Waals surface area contributed by atoms with Gasteiger partial charge in [0.1, 0.15) is 11.5 Å². The Bertz CT molecular complexity index is 428. The minimum atomic E-state index is 0.813. The van der Waals surface area contributed by atoms with Crippen molar-refractivity contribution < 1.29 is 9.47 Å². The largest absolute Gasteiger partial charge is 0.496 e. The van der Waals surface area contributed by atoms with Crippen LogP contribution in [0.2, 0.25) is 0 Å². The molecule has 0 aromatic heterocycles. The van der Waals surface area contributed by atoms with E-state index in [4.69, 9.17) is 9.47 Å². The zero-order chi connectivity index (χ0) is 13.8. The molecule has 0 unspecified atom stereocenters. The minimum Gasteiger partial charge on any atom is -0.496 e. The van der Waals surface area contributed by atoms with E-state index in [2.05, 4.69) is 33.8 Å². The number of hydrogen-bond donors (Lipinski definition) is 0. The summed E-state index contributed by atoms with van der Waals surface area (Å²) in [5.41, 5.74) is 1.21. The third kappa shape index (κ3) is 3.63. The van der Waals surface area contributed by atoms with Crippen molar-refractivity contribution in [2.24, 2.45) is 5.92 Å². The molecule has 1 aromatic carbocycles. The summed E-state index contributed by atoms with van der Waals surface area (Å²) >= 11 is 3.55. The van der Waals surface area contributed by atoms with Gasteiger partial charge in [-0.05, 0) is 53.8 Å². The molecule has 0 amide bonds. The van der Waals surface area contributed by atoms with E-state index in [0.29, 0.717) is 0 Å². The highest BCUT2D eigenvalue weighted by Crippen LogP contribution is 2.34. The van der Waals surface area contributed by atoms with Gasteiger partial charge in [-0.15, -0.1) is 0 Å². The SMILES string of the molecule is COc1cc(OC)c(CN2CCC(C)CC2)cc1Br. The lowest BCUT2D eigenvalue weighted by Gasteiger charge is -2.30. The van der Waals surface area contributed by atoms with Gasteiger partial charge in [0.2, 0.25) is 0 Å². The standard InChI is InChI=1S/C15H22BrNO2/c1-11-4-6-17(7-5-11)10-12-8-13(16)15(19-3)9-14(12)18-2/h8-9,11H,4-7,10H2,1-3H3. The maximum atomic E-state index is 5.48. The van der Waals surface area contributed by atoms with Gasteiger partial charge in [-0.2, -0.15) is 0 Å². The second kappa shape index (κ2) is 6.62. The topological polar surface area (TPSA) is 21.7 Å². The Morgan fingerprint density at radius 2 is 1.79 bits per heavy atom. The van der Waals surface area contributed by atoms with Crippen LogP contribution < -0.4 is 9.47 Å². The van der Waals surface area contributed by atoms with E-state index in [9.17, 15) is 0 Å². The van der Waals surface area contributed by atoms with Crippen LogP contribution in [0.4, 0.5) is 0 Å². The predicted octanol–water partition coefficient (Wildman–Crippen LogP) is 3.70. The Balaban J connectivity index is 2.13. The Morgan fingerprint density at radius 3 is 2.37 bits per heavy atom. The molecule has 1 fully saturated rings. The van der Waals surface area contributed by atoms with E-state index >= 15 is 0 Å². The van der Waals surface area contributed by atoms with Crippen molar-refractivity contribution in [2.75, 3.05) is 27.3 Å². The number of hydrogen-bond acceptors (Lipinski definition) is 3. The number of rotatable bonds is 4. The van der Waals surface area contributed by atoms with Crippen LogP contribution in [0.3, 0.4) is 0 Å². The zero-order valence-electron chi connectivity index (χ0n) is 11.9. The molecule has 4 heteroatoms. The van der Waals surface area contributed by atoms with Crippen LogP contribution in [0.5, 0.6) is 11.5 Å². The van der Waals surface area contributed by atoms with Gasteiger partial charge >= 0.3 is 0 Å². The summed E-state index contributed by atoms with van der Waals surface area (Å²) in [6.07, 6.45) is 2.58. The highest BCUT2D eigenvalue weighted by molar-refractivity contribution is 9.10. The third-order valence-corrected chi connectivity index (χ3v) is 4.44. The number of halogens is 1. The van der Waals surface area contributed by atoms with Crippen molar-refractivity contribution in [3.05, 3.63) is 22.2 Å². The van der Waals surface area contributed by atoms with Gasteiger partial charge in [0.15, 0.2) is 0 Å². The van der Waals surface area contributed by atoms with Gasteiger partial charge in [0.05, 0.1) is 18.7 Å². The van der Waals surface area contributed by atoms with Crippen LogP contribution in [-0.4, -0.2) is 32.2 Å². The molecule has 2 rings (SSSR count). The van der Waals surface area contributed by atoms with Crippen LogP contribution in [0, 0.1) is 5.92 Å². The van der Waals surface area contributed by atoms with Crippen molar-refractivity contribution >= 4 is 15.9 Å². The second-order valence-electron chi connectivity index (χ2n) is 5.26. The summed E-state index contributed by atoms with van der Waals surface area (Å²) in [7, 11) is 3.38. The number of nitrogens with zero attached hydrogens (tertiary/aromatic N) is 1. The lowest BCUT2D eigenvalue weighted by Crippen LogP contribution is -2.32. The molecule has 0 aliphatic carbocycles. The molecule has 0 saturated carbocycles. The highest BCUT2D eigenvalue weighted by atomic mass is 79.9. The Hall–Kier alpha value is -0.740. The average Bonchev–Trinajstić information content (AvgIpc) is 2.42. The van der Waals surface area contributed by atoms with Crippen LogP contribution in [-0.2, 0) is 6.54 Å². The maximum Gasteiger partial charge on any atom is 0.136 e. The smallest absolute Gasteiger partial charge is 0.136 e. The van der Waals surface area contributed by atoms with Gasteiger partial charge in [0.25, 0.3) is 0 Å². The molecule has 3 nitrogen and oxygen atoms in total. The summed E-state index contributed by atoms with van der Waals surface area (Å²) in [6, 6.07) is 4.06. The van der Waals surface area contributed by atoms with Gasteiger partial charge < -0.3 is 9.47 Å². The number of methoxy groups -OCH3 is 2. The predicted molar refractivity (Wildman–Crippen MR) is 80.9 cm³/mol. The monoisotopic (exact) mass is 327 g/mol. The van der Waals surface area contributed by atoms with E-state index in [1.807, 2.05) is 6.07 Å². The molecule has 1 heterocycles. The van der Waals surface area contributed by atoms with E-state index in [1.165, 1.54) is 31.5 Å². The van der Waals surface area contributed by atoms with Crippen LogP contribution in [0.1, 0.15) is 25.3 Å². The molecule has 0 atom stereocenters. The lowest BCUT2D eigenvalue weighted by atomic mass is 9.99. The average molecular weight is 328 g/mol. The van der Waals surface area contributed by atoms with Gasteiger partial charge in [0, 0.05) is 18.2 Å². The first-order chi connectivity index (χ1) is 9.13. The number of piperidine rings is 1. The molecule has 19 heavy (non-hydrogen) atoms. The first-order valence-corrected chi connectivity index (χ1v) is 7.56. The zero-order valence-corrected chi connectivity index (χ0v) is 13.5. The molecule has 0 bridgehead atoms. The van der Waals surface area contributed by atoms with Gasteiger partial charge in [-0.3, -0.25) is 4.90 Å². The normalized spacial score (nSPS) is 17.5. The van der Waals surface area contributed by atoms with Crippen molar-refractivity contribution in [2.45, 2.75) is 26.3 Å². The Labute approximate surface area is 124 Å². The summed E-state index contributed by atoms with van der Waals surface area (Å²) < 4.78 is 11.8. The lowest BCUT2D eigenvalue weighted by molar-refractivity contribution is 0.183. The van der Waals surface area contributed by atoms with Crippen molar-refractivity contribution in [3.63, 3.8) is 0 Å². The Kier molecular flexibility index (Phi) is 5.11. The fourth-order valence-electron chi connectivity index (χ4n) is 2.51. The first-order valence-electron chi connectivity index (χ1n) is 6.76. The Morgan fingerprint density at radius 1 is 1.16 bits per heavy atom.